The molecule has 12 heteroatoms. The summed E-state index contributed by atoms with van der Waals surface area (Å²) in [6.07, 6.45) is 3.89. The van der Waals surface area contributed by atoms with E-state index in [1.165, 1.54) is 19.3 Å². The van der Waals surface area contributed by atoms with E-state index in [4.69, 9.17) is 19.4 Å². The molecule has 1 heterocycles. The van der Waals surface area contributed by atoms with Crippen molar-refractivity contribution in [2.45, 2.75) is 102 Å². The molecule has 0 unspecified atom stereocenters. The molecule has 41 heavy (non-hydrogen) atoms. The molecule has 2 aliphatic rings. The molecule has 0 spiro atoms. The first-order chi connectivity index (χ1) is 19.5. The average Bonchev–Trinajstić information content (AvgIpc) is 3.31. The maximum absolute atomic E-state index is 12.7. The fourth-order valence-corrected chi connectivity index (χ4v) is 4.44. The van der Waals surface area contributed by atoms with Crippen molar-refractivity contribution < 1.29 is 47.6 Å². The molecule has 0 aromatic heterocycles. The Labute approximate surface area is 240 Å². The van der Waals surface area contributed by atoms with Crippen LogP contribution in [0.15, 0.2) is 24.3 Å². The standard InChI is InChI=1S/C27H44N2O5.C2HF3O2/c1-2-3-17-33-24-13-11-21(12-14-24)27(32)25(20-29-16-15-22(30)19-29)28-26(31)10-5-4-6-18-34-23-8-7-9-23;3-2(4,5)1(6)7/h11-14,22-23,25,27,30,32H,2-10,15-20H2,1H3,(H,28,31);(H,6,7)/t22-,25+,27+;/m0./s1. The van der Waals surface area contributed by atoms with Crippen molar-refractivity contribution in [1.29, 1.82) is 0 Å². The molecule has 9 nitrogen and oxygen atoms in total. The van der Waals surface area contributed by atoms with Crippen molar-refractivity contribution in [3.8, 4) is 5.75 Å². The van der Waals surface area contributed by atoms with Crippen LogP contribution in [0.1, 0.15) is 82.8 Å². The van der Waals surface area contributed by atoms with E-state index in [-0.39, 0.29) is 12.0 Å². The van der Waals surface area contributed by atoms with Crippen molar-refractivity contribution in [2.24, 2.45) is 0 Å². The molecule has 1 aliphatic heterocycles. The molecular formula is C29H45F3N2O7. The lowest BCUT2D eigenvalue weighted by Gasteiger charge is -2.29. The highest BCUT2D eigenvalue weighted by Crippen LogP contribution is 2.24. The summed E-state index contributed by atoms with van der Waals surface area (Å²) in [6.45, 7) is 5.44. The van der Waals surface area contributed by atoms with E-state index in [0.29, 0.717) is 32.2 Å². The largest absolute Gasteiger partial charge is 0.494 e. The fraction of sp³-hybridized carbons (Fsp3) is 0.724. The van der Waals surface area contributed by atoms with E-state index in [0.717, 1.165) is 63.0 Å². The first kappa shape index (κ1) is 34.8. The number of benzene rings is 1. The smallest absolute Gasteiger partial charge is 0.490 e. The average molecular weight is 591 g/mol. The van der Waals surface area contributed by atoms with Crippen molar-refractivity contribution in [3.05, 3.63) is 29.8 Å². The summed E-state index contributed by atoms with van der Waals surface area (Å²) in [5.74, 6) is -2.01. The summed E-state index contributed by atoms with van der Waals surface area (Å²) >= 11 is 0. The number of halogens is 3. The highest BCUT2D eigenvalue weighted by atomic mass is 19.4. The Hall–Kier alpha value is -2.41. The minimum absolute atomic E-state index is 0.0387. The van der Waals surface area contributed by atoms with Crippen LogP contribution in [0.3, 0.4) is 0 Å². The van der Waals surface area contributed by atoms with Gasteiger partial charge in [0, 0.05) is 32.7 Å². The summed E-state index contributed by atoms with van der Waals surface area (Å²) in [7, 11) is 0. The molecule has 1 saturated carbocycles. The van der Waals surface area contributed by atoms with Crippen LogP contribution in [0.4, 0.5) is 13.2 Å². The summed E-state index contributed by atoms with van der Waals surface area (Å²) in [5, 5.41) is 31.2. The number of rotatable bonds is 16. The van der Waals surface area contributed by atoms with Gasteiger partial charge in [-0.25, -0.2) is 4.79 Å². The Morgan fingerprint density at radius 3 is 2.29 bits per heavy atom. The van der Waals surface area contributed by atoms with E-state index >= 15 is 0 Å². The third-order valence-electron chi connectivity index (χ3n) is 7.11. The number of aliphatic carboxylic acids is 1. The Morgan fingerprint density at radius 2 is 1.76 bits per heavy atom. The third-order valence-corrected chi connectivity index (χ3v) is 7.11. The number of hydrogen-bond donors (Lipinski definition) is 4. The molecule has 3 rings (SSSR count). The van der Waals surface area contributed by atoms with Crippen molar-refractivity contribution >= 4 is 11.9 Å². The molecule has 0 bridgehead atoms. The maximum atomic E-state index is 12.7. The number of nitrogens with zero attached hydrogens (tertiary/aromatic N) is 1. The van der Waals surface area contributed by atoms with Gasteiger partial charge < -0.3 is 30.1 Å². The van der Waals surface area contributed by atoms with Crippen LogP contribution >= 0.6 is 0 Å². The first-order valence-corrected chi connectivity index (χ1v) is 14.5. The van der Waals surface area contributed by atoms with Crippen molar-refractivity contribution in [2.75, 3.05) is 32.8 Å². The van der Waals surface area contributed by atoms with E-state index in [1.807, 2.05) is 24.3 Å². The second kappa shape index (κ2) is 18.2. The van der Waals surface area contributed by atoms with Crippen LogP contribution in [0, 0.1) is 0 Å². The first-order valence-electron chi connectivity index (χ1n) is 14.5. The second-order valence-corrected chi connectivity index (χ2v) is 10.6. The van der Waals surface area contributed by atoms with Crippen molar-refractivity contribution in [3.63, 3.8) is 0 Å². The number of nitrogens with one attached hydrogen (secondary N) is 1. The number of hydrogen-bond acceptors (Lipinski definition) is 7. The Bertz CT molecular complexity index is 897. The minimum atomic E-state index is -5.08. The van der Waals surface area contributed by atoms with Gasteiger partial charge in [0.15, 0.2) is 0 Å². The number of ether oxygens (including phenoxy) is 2. The van der Waals surface area contributed by atoms with Crippen LogP contribution in [0.5, 0.6) is 5.75 Å². The number of amides is 1. The van der Waals surface area contributed by atoms with Crippen molar-refractivity contribution in [1.82, 2.24) is 10.2 Å². The summed E-state index contributed by atoms with van der Waals surface area (Å²) < 4.78 is 43.2. The number of unbranched alkanes of at least 4 members (excludes halogenated alkanes) is 3. The van der Waals surface area contributed by atoms with Gasteiger partial charge in [-0.3, -0.25) is 9.69 Å². The summed E-state index contributed by atoms with van der Waals surface area (Å²) in [5.41, 5.74) is 0.751. The Morgan fingerprint density at radius 1 is 1.07 bits per heavy atom. The van der Waals surface area contributed by atoms with Gasteiger partial charge in [0.2, 0.25) is 5.91 Å². The number of carbonyl (C=O) groups excluding carboxylic acids is 1. The van der Waals surface area contributed by atoms with Gasteiger partial charge in [0.05, 0.1) is 24.9 Å². The molecule has 4 N–H and O–H groups in total. The van der Waals surface area contributed by atoms with Gasteiger partial charge in [0.1, 0.15) is 11.9 Å². The molecular weight excluding hydrogens is 545 g/mol. The van der Waals surface area contributed by atoms with Gasteiger partial charge in [-0.1, -0.05) is 31.9 Å². The highest BCUT2D eigenvalue weighted by molar-refractivity contribution is 5.76. The molecule has 1 saturated heterocycles. The van der Waals surface area contributed by atoms with E-state index in [9.17, 15) is 28.2 Å². The van der Waals surface area contributed by atoms with Gasteiger partial charge in [-0.15, -0.1) is 0 Å². The lowest BCUT2D eigenvalue weighted by molar-refractivity contribution is -0.192. The quantitative estimate of drug-likeness (QED) is 0.211. The number of likely N-dealkylation sites (tertiary alicyclic amines) is 1. The SMILES string of the molecule is CCCCOc1ccc([C@@H](O)[C@@H](CN2CC[C@H](O)C2)NC(=O)CCCCCOC2CCC2)cc1.O=C(O)C(F)(F)F. The molecule has 2 fully saturated rings. The number of carbonyl (C=O) groups is 2. The molecule has 234 valence electrons. The zero-order valence-electron chi connectivity index (χ0n) is 23.8. The Kier molecular flexibility index (Phi) is 15.4. The summed E-state index contributed by atoms with van der Waals surface area (Å²) in [6, 6.07) is 7.04. The highest BCUT2D eigenvalue weighted by Gasteiger charge is 2.38. The van der Waals surface area contributed by atoms with Gasteiger partial charge in [-0.05, 0) is 62.6 Å². The molecule has 1 aromatic carbocycles. The molecule has 1 aromatic rings. The predicted molar refractivity (Wildman–Crippen MR) is 147 cm³/mol. The van der Waals surface area contributed by atoms with Crippen LogP contribution in [-0.4, -0.2) is 89.4 Å². The lowest BCUT2D eigenvalue weighted by Crippen LogP contribution is -2.47. The van der Waals surface area contributed by atoms with Crippen LogP contribution in [-0.2, 0) is 14.3 Å². The number of aliphatic hydroxyl groups excluding tert-OH is 2. The van der Waals surface area contributed by atoms with E-state index in [1.54, 1.807) is 0 Å². The van der Waals surface area contributed by atoms with E-state index < -0.39 is 24.3 Å². The number of carboxylic acid groups (broad SMARTS) is 1. The molecule has 3 atom stereocenters. The normalized spacial score (nSPS) is 19.0. The monoisotopic (exact) mass is 590 g/mol. The zero-order valence-corrected chi connectivity index (χ0v) is 23.8. The van der Waals surface area contributed by atoms with Crippen LogP contribution in [0.25, 0.3) is 0 Å². The second-order valence-electron chi connectivity index (χ2n) is 10.6. The van der Waals surface area contributed by atoms with Crippen LogP contribution in [0.2, 0.25) is 0 Å². The zero-order chi connectivity index (χ0) is 30.3. The molecule has 0 radical (unpaired) electrons. The number of aliphatic hydroxyl groups is 2. The topological polar surface area (TPSA) is 129 Å². The summed E-state index contributed by atoms with van der Waals surface area (Å²) in [4.78, 5) is 23.7. The van der Waals surface area contributed by atoms with Gasteiger partial charge in [-0.2, -0.15) is 13.2 Å². The Balaban J connectivity index is 0.000000745. The number of carboxylic acids is 1. The van der Waals surface area contributed by atoms with Crippen LogP contribution < -0.4 is 10.1 Å². The maximum Gasteiger partial charge on any atom is 0.490 e. The van der Waals surface area contributed by atoms with Gasteiger partial charge in [0.25, 0.3) is 0 Å². The van der Waals surface area contributed by atoms with E-state index in [2.05, 4.69) is 17.1 Å². The molecule has 1 amide bonds. The number of β-amino-alcohol motifs (C(OH)–C–C–N with tert-alkyl or cyclic N) is 1. The number of alkyl halides is 3. The third kappa shape index (κ3) is 13.9. The molecule has 1 aliphatic carbocycles. The lowest BCUT2D eigenvalue weighted by atomic mass is 9.96. The van der Waals surface area contributed by atoms with Gasteiger partial charge >= 0.3 is 12.1 Å². The minimum Gasteiger partial charge on any atom is -0.494 e. The predicted octanol–water partition coefficient (Wildman–Crippen LogP) is 4.21. The fourth-order valence-electron chi connectivity index (χ4n) is 4.44.